The van der Waals surface area contributed by atoms with Gasteiger partial charge in [-0.15, -0.1) is 23.7 Å². The molecule has 106 valence electrons. The molecule has 1 N–H and O–H groups in total. The minimum atomic E-state index is -2.43. The highest BCUT2D eigenvalue weighted by Gasteiger charge is 2.09. The molecule has 2 aromatic rings. The van der Waals surface area contributed by atoms with Crippen molar-refractivity contribution >= 4 is 29.4 Å². The molecule has 0 aliphatic heterocycles. The van der Waals surface area contributed by atoms with Gasteiger partial charge in [0.1, 0.15) is 6.54 Å². The Labute approximate surface area is 118 Å². The summed E-state index contributed by atoms with van der Waals surface area (Å²) in [6.45, 7) is 1.77. The molecular formula is C11H13ClF3N3S. The van der Waals surface area contributed by atoms with Crippen LogP contribution in [0.5, 0.6) is 0 Å². The SMILES string of the molecule is Cc1nn(CC(F)F)cc1NCc1ccc(F)s1.Cl. The van der Waals surface area contributed by atoms with E-state index < -0.39 is 13.0 Å². The molecule has 3 nitrogen and oxygen atoms in total. The maximum atomic E-state index is 12.8. The number of aryl methyl sites for hydroxylation is 1. The van der Waals surface area contributed by atoms with Crippen molar-refractivity contribution in [3.63, 3.8) is 0 Å². The molecule has 2 rings (SSSR count). The molecule has 0 aromatic carbocycles. The molecule has 0 fully saturated rings. The number of hydrogen-bond donors (Lipinski definition) is 1. The van der Waals surface area contributed by atoms with Gasteiger partial charge in [-0.05, 0) is 19.1 Å². The van der Waals surface area contributed by atoms with Gasteiger partial charge < -0.3 is 5.32 Å². The van der Waals surface area contributed by atoms with Gasteiger partial charge in [0.2, 0.25) is 0 Å². The van der Waals surface area contributed by atoms with Crippen molar-refractivity contribution in [2.75, 3.05) is 5.32 Å². The zero-order chi connectivity index (χ0) is 13.1. The van der Waals surface area contributed by atoms with Crippen LogP contribution in [0.1, 0.15) is 10.6 Å². The van der Waals surface area contributed by atoms with E-state index in [-0.39, 0.29) is 17.5 Å². The number of aromatic nitrogens is 2. The number of nitrogens with one attached hydrogen (secondary N) is 1. The van der Waals surface area contributed by atoms with E-state index in [4.69, 9.17) is 0 Å². The summed E-state index contributed by atoms with van der Waals surface area (Å²) in [5.74, 6) is 0. The van der Waals surface area contributed by atoms with Gasteiger partial charge in [-0.25, -0.2) is 8.78 Å². The molecule has 2 aromatic heterocycles. The number of halogens is 4. The normalized spacial score (nSPS) is 10.6. The Balaban J connectivity index is 0.00000180. The van der Waals surface area contributed by atoms with Crippen molar-refractivity contribution in [1.29, 1.82) is 0 Å². The van der Waals surface area contributed by atoms with E-state index in [0.29, 0.717) is 17.9 Å². The van der Waals surface area contributed by atoms with E-state index in [9.17, 15) is 13.2 Å². The number of thiophene rings is 1. The van der Waals surface area contributed by atoms with Crippen molar-refractivity contribution < 1.29 is 13.2 Å². The Morgan fingerprint density at radius 3 is 2.74 bits per heavy atom. The van der Waals surface area contributed by atoms with Gasteiger partial charge in [-0.1, -0.05) is 0 Å². The highest BCUT2D eigenvalue weighted by Crippen LogP contribution is 2.18. The Morgan fingerprint density at radius 1 is 1.42 bits per heavy atom. The molecule has 19 heavy (non-hydrogen) atoms. The summed E-state index contributed by atoms with van der Waals surface area (Å²) in [4.78, 5) is 0.841. The van der Waals surface area contributed by atoms with Crippen LogP contribution in [0, 0.1) is 12.1 Å². The molecule has 0 aliphatic carbocycles. The first-order valence-corrected chi connectivity index (χ1v) is 6.16. The number of nitrogens with zero attached hydrogens (tertiary/aromatic N) is 2. The third-order valence-electron chi connectivity index (χ3n) is 2.35. The number of rotatable bonds is 5. The standard InChI is InChI=1S/C11H12F3N3S.ClH/c1-7-9(5-17(16-7)6-10(12)13)15-4-8-2-3-11(14)18-8;/h2-3,5,10,15H,4,6H2,1H3;1H. The second-order valence-corrected chi connectivity index (χ2v) is 4.92. The third kappa shape index (κ3) is 4.43. The molecule has 0 aliphatic rings. The van der Waals surface area contributed by atoms with Gasteiger partial charge in [-0.2, -0.15) is 9.49 Å². The molecule has 0 unspecified atom stereocenters. The average Bonchev–Trinajstić information content (AvgIpc) is 2.82. The minimum Gasteiger partial charge on any atom is -0.377 e. The quantitative estimate of drug-likeness (QED) is 0.912. The van der Waals surface area contributed by atoms with E-state index >= 15 is 0 Å². The van der Waals surface area contributed by atoms with Gasteiger partial charge in [-0.3, -0.25) is 4.68 Å². The van der Waals surface area contributed by atoms with Crippen LogP contribution in [-0.2, 0) is 13.1 Å². The molecule has 0 amide bonds. The fourth-order valence-electron chi connectivity index (χ4n) is 1.56. The lowest BCUT2D eigenvalue weighted by molar-refractivity contribution is 0.121. The first-order valence-electron chi connectivity index (χ1n) is 5.35. The summed E-state index contributed by atoms with van der Waals surface area (Å²) in [6.07, 6.45) is -0.894. The van der Waals surface area contributed by atoms with Crippen molar-refractivity contribution in [2.45, 2.75) is 26.4 Å². The Kier molecular flexibility index (Phi) is 5.68. The molecule has 0 saturated heterocycles. The van der Waals surface area contributed by atoms with E-state index in [1.165, 1.54) is 16.9 Å². The molecule has 0 atom stereocenters. The molecule has 2 heterocycles. The fraction of sp³-hybridized carbons (Fsp3) is 0.364. The summed E-state index contributed by atoms with van der Waals surface area (Å²) in [5.41, 5.74) is 1.33. The summed E-state index contributed by atoms with van der Waals surface area (Å²) in [5, 5.41) is 6.78. The molecular weight excluding hydrogens is 299 g/mol. The predicted molar refractivity (Wildman–Crippen MR) is 71.8 cm³/mol. The van der Waals surface area contributed by atoms with Crippen LogP contribution in [0.3, 0.4) is 0 Å². The molecule has 8 heteroatoms. The van der Waals surface area contributed by atoms with E-state index in [1.54, 1.807) is 13.0 Å². The summed E-state index contributed by atoms with van der Waals surface area (Å²) in [6, 6.07) is 3.08. The first-order chi connectivity index (χ1) is 8.54. The monoisotopic (exact) mass is 311 g/mol. The second kappa shape index (κ2) is 6.81. The number of anilines is 1. The molecule has 0 saturated carbocycles. The molecule has 0 spiro atoms. The number of alkyl halides is 2. The Bertz CT molecular complexity index is 527. The van der Waals surface area contributed by atoms with Crippen molar-refractivity contribution in [2.24, 2.45) is 0 Å². The Hall–Kier alpha value is -1.21. The fourth-order valence-corrected chi connectivity index (χ4v) is 2.22. The maximum absolute atomic E-state index is 12.8. The van der Waals surface area contributed by atoms with Crippen LogP contribution in [0.4, 0.5) is 18.9 Å². The van der Waals surface area contributed by atoms with E-state index in [2.05, 4.69) is 10.4 Å². The van der Waals surface area contributed by atoms with Crippen molar-refractivity contribution in [3.8, 4) is 0 Å². The second-order valence-electron chi connectivity index (χ2n) is 3.80. The van der Waals surface area contributed by atoms with Crippen LogP contribution in [0.25, 0.3) is 0 Å². The van der Waals surface area contributed by atoms with Crippen LogP contribution in [-0.4, -0.2) is 16.2 Å². The average molecular weight is 312 g/mol. The lowest BCUT2D eigenvalue weighted by atomic mass is 10.4. The van der Waals surface area contributed by atoms with Gasteiger partial charge in [0.25, 0.3) is 6.43 Å². The van der Waals surface area contributed by atoms with E-state index in [0.717, 1.165) is 16.2 Å². The summed E-state index contributed by atoms with van der Waals surface area (Å²) in [7, 11) is 0. The third-order valence-corrected chi connectivity index (χ3v) is 3.23. The van der Waals surface area contributed by atoms with Gasteiger partial charge in [0.15, 0.2) is 5.13 Å². The van der Waals surface area contributed by atoms with Crippen LogP contribution < -0.4 is 5.32 Å². The van der Waals surface area contributed by atoms with Crippen molar-refractivity contribution in [3.05, 3.63) is 34.0 Å². The Morgan fingerprint density at radius 2 is 2.16 bits per heavy atom. The first kappa shape index (κ1) is 15.8. The van der Waals surface area contributed by atoms with E-state index in [1.807, 2.05) is 0 Å². The van der Waals surface area contributed by atoms with Gasteiger partial charge in [0, 0.05) is 17.6 Å². The molecule has 0 bridgehead atoms. The number of hydrogen-bond acceptors (Lipinski definition) is 3. The van der Waals surface area contributed by atoms with Gasteiger partial charge >= 0.3 is 0 Å². The summed E-state index contributed by atoms with van der Waals surface area (Å²) >= 11 is 1.05. The minimum absolute atomic E-state index is 0. The predicted octanol–water partition coefficient (Wildman–Crippen LogP) is 3.69. The zero-order valence-corrected chi connectivity index (χ0v) is 11.7. The molecule has 0 radical (unpaired) electrons. The van der Waals surface area contributed by atoms with Crippen LogP contribution in [0.15, 0.2) is 18.3 Å². The van der Waals surface area contributed by atoms with Crippen molar-refractivity contribution in [1.82, 2.24) is 9.78 Å². The zero-order valence-electron chi connectivity index (χ0n) is 10.1. The van der Waals surface area contributed by atoms with Crippen LogP contribution in [0.2, 0.25) is 0 Å². The smallest absolute Gasteiger partial charge is 0.257 e. The topological polar surface area (TPSA) is 29.9 Å². The summed E-state index contributed by atoms with van der Waals surface area (Å²) < 4.78 is 38.4. The largest absolute Gasteiger partial charge is 0.377 e. The lowest BCUT2D eigenvalue weighted by Crippen LogP contribution is -2.06. The maximum Gasteiger partial charge on any atom is 0.257 e. The highest BCUT2D eigenvalue weighted by molar-refractivity contribution is 7.10. The highest BCUT2D eigenvalue weighted by atomic mass is 35.5. The van der Waals surface area contributed by atoms with Crippen LogP contribution >= 0.6 is 23.7 Å². The van der Waals surface area contributed by atoms with Gasteiger partial charge in [0.05, 0.1) is 11.4 Å². The lowest BCUT2D eigenvalue weighted by Gasteiger charge is -2.01.